The summed E-state index contributed by atoms with van der Waals surface area (Å²) in [6.07, 6.45) is 1.92. The van der Waals surface area contributed by atoms with Crippen molar-refractivity contribution in [1.29, 1.82) is 0 Å². The smallest absolute Gasteiger partial charge is 0.0969 e. The second-order valence-corrected chi connectivity index (χ2v) is 6.11. The van der Waals surface area contributed by atoms with E-state index in [1.165, 1.54) is 5.56 Å². The van der Waals surface area contributed by atoms with Crippen molar-refractivity contribution in [3.05, 3.63) is 38.5 Å². The zero-order valence-electron chi connectivity index (χ0n) is 11.4. The molecule has 0 fully saturated rings. The van der Waals surface area contributed by atoms with Crippen LogP contribution in [0.1, 0.15) is 11.3 Å². The van der Waals surface area contributed by atoms with Gasteiger partial charge in [0.25, 0.3) is 0 Å². The number of benzene rings is 1. The zero-order valence-corrected chi connectivity index (χ0v) is 14.5. The number of hydrogen-bond donors (Lipinski definition) is 1. The molecule has 0 unspecified atom stereocenters. The van der Waals surface area contributed by atoms with Gasteiger partial charge in [-0.2, -0.15) is 0 Å². The Hall–Kier alpha value is -0.760. The lowest BCUT2D eigenvalue weighted by molar-refractivity contribution is 0.199. The first-order valence-corrected chi connectivity index (χ1v) is 7.77. The molecule has 2 aromatic rings. The van der Waals surface area contributed by atoms with E-state index in [2.05, 4.69) is 59.6 Å². The highest BCUT2D eigenvalue weighted by Gasteiger charge is 2.11. The fourth-order valence-corrected chi connectivity index (χ4v) is 3.57. The number of methoxy groups -OCH3 is 1. The van der Waals surface area contributed by atoms with Gasteiger partial charge in [-0.05, 0) is 56.5 Å². The molecule has 20 heavy (non-hydrogen) atoms. The molecule has 7 heteroatoms. The Kier molecular flexibility index (Phi) is 5.71. The van der Waals surface area contributed by atoms with Crippen LogP contribution >= 0.6 is 31.9 Å². The number of rotatable bonds is 6. The van der Waals surface area contributed by atoms with Gasteiger partial charge in [0.1, 0.15) is 0 Å². The molecule has 1 heterocycles. The van der Waals surface area contributed by atoms with Gasteiger partial charge in [0.05, 0.1) is 24.2 Å². The molecule has 2 rings (SSSR count). The number of hydrogen-bond acceptors (Lipinski definition) is 4. The van der Waals surface area contributed by atoms with Crippen LogP contribution in [0, 0.1) is 6.92 Å². The highest BCUT2D eigenvalue weighted by atomic mass is 79.9. The van der Waals surface area contributed by atoms with Crippen LogP contribution in [0.4, 0.5) is 0 Å². The second-order valence-electron chi connectivity index (χ2n) is 4.40. The minimum absolute atomic E-state index is 0.671. The molecule has 5 nitrogen and oxygen atoms in total. The number of nitrogens with one attached hydrogen (secondary N) is 1. The van der Waals surface area contributed by atoms with E-state index < -0.39 is 0 Å². The SMILES string of the molecule is COCCNCc1cn(-c2c(Br)cc(C)cc2Br)nn1. The van der Waals surface area contributed by atoms with Crippen molar-refractivity contribution in [2.24, 2.45) is 0 Å². The van der Waals surface area contributed by atoms with Gasteiger partial charge < -0.3 is 10.1 Å². The lowest BCUT2D eigenvalue weighted by Gasteiger charge is -2.07. The van der Waals surface area contributed by atoms with Gasteiger partial charge in [0, 0.05) is 29.1 Å². The van der Waals surface area contributed by atoms with Crippen molar-refractivity contribution in [2.45, 2.75) is 13.5 Å². The van der Waals surface area contributed by atoms with Crippen molar-refractivity contribution < 1.29 is 4.74 Å². The summed E-state index contributed by atoms with van der Waals surface area (Å²) in [4.78, 5) is 0. The van der Waals surface area contributed by atoms with E-state index in [-0.39, 0.29) is 0 Å². The molecule has 1 aromatic carbocycles. The van der Waals surface area contributed by atoms with E-state index in [0.717, 1.165) is 26.9 Å². The monoisotopic (exact) mass is 402 g/mol. The van der Waals surface area contributed by atoms with Crippen molar-refractivity contribution in [2.75, 3.05) is 20.3 Å². The molecule has 0 radical (unpaired) electrons. The first-order valence-electron chi connectivity index (χ1n) is 6.18. The van der Waals surface area contributed by atoms with Crippen LogP contribution < -0.4 is 5.32 Å². The van der Waals surface area contributed by atoms with Gasteiger partial charge in [-0.3, -0.25) is 0 Å². The summed E-state index contributed by atoms with van der Waals surface area (Å²) in [7, 11) is 1.68. The van der Waals surface area contributed by atoms with E-state index in [1.807, 2.05) is 13.1 Å². The van der Waals surface area contributed by atoms with Gasteiger partial charge in [-0.15, -0.1) is 5.10 Å². The largest absolute Gasteiger partial charge is 0.383 e. The van der Waals surface area contributed by atoms with Gasteiger partial charge in [0.15, 0.2) is 0 Å². The summed E-state index contributed by atoms with van der Waals surface area (Å²) in [6.45, 7) is 4.20. The molecule has 0 aliphatic rings. The Morgan fingerprint density at radius 2 is 2.00 bits per heavy atom. The Morgan fingerprint density at radius 3 is 2.65 bits per heavy atom. The molecule has 0 spiro atoms. The first kappa shape index (κ1) is 15.6. The lowest BCUT2D eigenvalue weighted by atomic mass is 10.2. The maximum atomic E-state index is 4.98. The van der Waals surface area contributed by atoms with E-state index in [4.69, 9.17) is 4.74 Å². The van der Waals surface area contributed by atoms with Gasteiger partial charge in [-0.25, -0.2) is 4.68 Å². The van der Waals surface area contributed by atoms with E-state index >= 15 is 0 Å². The highest BCUT2D eigenvalue weighted by Crippen LogP contribution is 2.30. The molecule has 0 saturated carbocycles. The fourth-order valence-electron chi connectivity index (χ4n) is 1.79. The van der Waals surface area contributed by atoms with Crippen LogP contribution in [-0.2, 0) is 11.3 Å². The summed E-state index contributed by atoms with van der Waals surface area (Å²) in [5, 5.41) is 11.6. The molecular weight excluding hydrogens is 388 g/mol. The summed E-state index contributed by atoms with van der Waals surface area (Å²) in [5.74, 6) is 0. The summed E-state index contributed by atoms with van der Waals surface area (Å²) in [6, 6.07) is 4.11. The molecule has 1 aromatic heterocycles. The summed E-state index contributed by atoms with van der Waals surface area (Å²) >= 11 is 7.13. The number of ether oxygens (including phenoxy) is 1. The number of aryl methyl sites for hydroxylation is 1. The van der Waals surface area contributed by atoms with Crippen LogP contribution in [0.5, 0.6) is 0 Å². The Balaban J connectivity index is 2.13. The van der Waals surface area contributed by atoms with Crippen LogP contribution in [0.2, 0.25) is 0 Å². The molecule has 0 aliphatic carbocycles. The van der Waals surface area contributed by atoms with E-state index in [1.54, 1.807) is 11.8 Å². The first-order chi connectivity index (χ1) is 9.61. The Morgan fingerprint density at radius 1 is 1.30 bits per heavy atom. The Labute approximate surface area is 135 Å². The molecule has 0 saturated heterocycles. The maximum absolute atomic E-state index is 4.98. The molecule has 0 amide bonds. The van der Waals surface area contributed by atoms with E-state index in [9.17, 15) is 0 Å². The van der Waals surface area contributed by atoms with Crippen molar-refractivity contribution in [1.82, 2.24) is 20.3 Å². The van der Waals surface area contributed by atoms with Gasteiger partial charge in [-0.1, -0.05) is 5.21 Å². The molecule has 108 valence electrons. The van der Waals surface area contributed by atoms with Crippen LogP contribution in [0.15, 0.2) is 27.3 Å². The lowest BCUT2D eigenvalue weighted by Crippen LogP contribution is -2.18. The standard InChI is InChI=1S/C13H16Br2N4O/c1-9-5-11(14)13(12(15)6-9)19-8-10(17-18-19)7-16-3-4-20-2/h5-6,8,16H,3-4,7H2,1-2H3. The fraction of sp³-hybridized carbons (Fsp3) is 0.385. The predicted molar refractivity (Wildman–Crippen MR) is 85.1 cm³/mol. The van der Waals surface area contributed by atoms with Gasteiger partial charge >= 0.3 is 0 Å². The maximum Gasteiger partial charge on any atom is 0.0969 e. The quantitative estimate of drug-likeness (QED) is 0.753. The third-order valence-electron chi connectivity index (χ3n) is 2.72. The molecule has 0 bridgehead atoms. The number of halogens is 2. The third kappa shape index (κ3) is 3.88. The summed E-state index contributed by atoms with van der Waals surface area (Å²) < 4.78 is 8.71. The third-order valence-corrected chi connectivity index (χ3v) is 3.93. The summed E-state index contributed by atoms with van der Waals surface area (Å²) in [5.41, 5.74) is 3.01. The normalized spacial score (nSPS) is 11.0. The van der Waals surface area contributed by atoms with Crippen LogP contribution in [0.3, 0.4) is 0 Å². The Bertz CT molecular complexity index is 562. The minimum atomic E-state index is 0.671. The number of nitrogens with zero attached hydrogens (tertiary/aromatic N) is 3. The minimum Gasteiger partial charge on any atom is -0.383 e. The molecule has 0 atom stereocenters. The highest BCUT2D eigenvalue weighted by molar-refractivity contribution is 9.11. The molecule has 1 N–H and O–H groups in total. The number of aromatic nitrogens is 3. The average molecular weight is 404 g/mol. The zero-order chi connectivity index (χ0) is 14.5. The van der Waals surface area contributed by atoms with Gasteiger partial charge in [0.2, 0.25) is 0 Å². The topological polar surface area (TPSA) is 52.0 Å². The van der Waals surface area contributed by atoms with Crippen molar-refractivity contribution in [3.8, 4) is 5.69 Å². The van der Waals surface area contributed by atoms with Crippen LogP contribution in [-0.4, -0.2) is 35.3 Å². The van der Waals surface area contributed by atoms with Crippen molar-refractivity contribution in [3.63, 3.8) is 0 Å². The van der Waals surface area contributed by atoms with E-state index in [0.29, 0.717) is 13.2 Å². The average Bonchev–Trinajstić information content (AvgIpc) is 2.82. The van der Waals surface area contributed by atoms with Crippen molar-refractivity contribution >= 4 is 31.9 Å². The van der Waals surface area contributed by atoms with Crippen LogP contribution in [0.25, 0.3) is 5.69 Å². The predicted octanol–water partition coefficient (Wildman–Crippen LogP) is 2.84. The molecular formula is C13H16Br2N4O. The molecule has 0 aliphatic heterocycles. The second kappa shape index (κ2) is 7.31.